The highest BCUT2D eigenvalue weighted by atomic mass is 16.5. The average Bonchev–Trinajstić information content (AvgIpc) is 3.32. The molecule has 0 aromatic carbocycles. The van der Waals surface area contributed by atoms with Gasteiger partial charge in [-0.15, -0.1) is 11.8 Å². The number of ether oxygens (including phenoxy) is 2. The van der Waals surface area contributed by atoms with Crippen molar-refractivity contribution in [3.05, 3.63) is 12.2 Å². The zero-order chi connectivity index (χ0) is 17.8. The summed E-state index contributed by atoms with van der Waals surface area (Å²) in [7, 11) is 2.51. The van der Waals surface area contributed by atoms with Crippen molar-refractivity contribution in [1.82, 2.24) is 0 Å². The van der Waals surface area contributed by atoms with E-state index in [2.05, 4.69) is 11.8 Å². The molecule has 0 amide bonds. The van der Waals surface area contributed by atoms with Gasteiger partial charge in [-0.1, -0.05) is 18.6 Å². The minimum atomic E-state index is -1.45. The first-order chi connectivity index (χ1) is 11.5. The molecular formula is C19H26O5. The Morgan fingerprint density at radius 3 is 2.50 bits per heavy atom. The van der Waals surface area contributed by atoms with Gasteiger partial charge < -0.3 is 14.6 Å². The third-order valence-electron chi connectivity index (χ3n) is 5.46. The van der Waals surface area contributed by atoms with E-state index in [1.807, 2.05) is 12.2 Å². The number of methoxy groups -OCH3 is 2. The van der Waals surface area contributed by atoms with Gasteiger partial charge in [-0.05, 0) is 38.5 Å². The number of aliphatic hydroxyl groups excluding tert-OH is 1. The second-order valence-corrected chi connectivity index (χ2v) is 6.74. The van der Waals surface area contributed by atoms with Crippen molar-refractivity contribution in [2.45, 2.75) is 51.6 Å². The van der Waals surface area contributed by atoms with E-state index < -0.39 is 17.4 Å². The van der Waals surface area contributed by atoms with E-state index in [1.165, 1.54) is 14.2 Å². The smallest absolute Gasteiger partial charge is 0.324 e. The molecule has 1 N–H and O–H groups in total. The van der Waals surface area contributed by atoms with E-state index >= 15 is 0 Å². The molecular weight excluding hydrogens is 308 g/mol. The lowest BCUT2D eigenvalue weighted by Crippen LogP contribution is -2.40. The number of carbonyl (C=O) groups excluding carboxylic acids is 2. The molecule has 0 heterocycles. The lowest BCUT2D eigenvalue weighted by Gasteiger charge is -2.27. The Bertz CT molecular complexity index is 566. The summed E-state index contributed by atoms with van der Waals surface area (Å²) in [6.45, 7) is 1.65. The fourth-order valence-electron chi connectivity index (χ4n) is 3.86. The molecule has 0 bridgehead atoms. The Kier molecular flexibility index (Phi) is 5.71. The van der Waals surface area contributed by atoms with Crippen LogP contribution in [0.5, 0.6) is 0 Å². The quantitative estimate of drug-likeness (QED) is 0.349. The highest BCUT2D eigenvalue weighted by Gasteiger charge is 2.58. The fourth-order valence-corrected chi connectivity index (χ4v) is 3.86. The molecule has 132 valence electrons. The first-order valence-corrected chi connectivity index (χ1v) is 8.39. The van der Waals surface area contributed by atoms with Gasteiger partial charge in [0.15, 0.2) is 5.41 Å². The van der Waals surface area contributed by atoms with Crippen molar-refractivity contribution in [3.8, 4) is 11.8 Å². The van der Waals surface area contributed by atoms with Crippen LogP contribution in [0.25, 0.3) is 0 Å². The minimum absolute atomic E-state index is 0.0478. The largest absolute Gasteiger partial charge is 0.468 e. The van der Waals surface area contributed by atoms with E-state index in [0.717, 1.165) is 25.7 Å². The summed E-state index contributed by atoms with van der Waals surface area (Å²) in [5, 5.41) is 10.3. The van der Waals surface area contributed by atoms with Crippen LogP contribution < -0.4 is 0 Å². The molecule has 24 heavy (non-hydrogen) atoms. The molecule has 2 saturated carbocycles. The average molecular weight is 334 g/mol. The fraction of sp³-hybridized carbons (Fsp3) is 0.684. The van der Waals surface area contributed by atoms with Gasteiger partial charge in [-0.25, -0.2) is 0 Å². The number of carbonyl (C=O) groups is 2. The summed E-state index contributed by atoms with van der Waals surface area (Å²) < 4.78 is 9.69. The topological polar surface area (TPSA) is 72.8 Å². The summed E-state index contributed by atoms with van der Waals surface area (Å²) >= 11 is 0. The Morgan fingerprint density at radius 1 is 1.29 bits per heavy atom. The Balaban J connectivity index is 2.21. The molecule has 0 aromatic heterocycles. The molecule has 5 heteroatoms. The normalized spacial score (nSPS) is 28.5. The standard InChI is InChI=1S/C19H26O5/c1-4-5-10-18(16(21)23-2,17(22)24-3)11-7-12-19-13-14(19)8-6-9-15(19)20/h7,12,14-15,20H,6,8-11,13H2,1-3H3/b12-7+/t14-,15+,19+/m1/s1. The van der Waals surface area contributed by atoms with Gasteiger partial charge >= 0.3 is 11.9 Å². The van der Waals surface area contributed by atoms with Crippen LogP contribution in [0.3, 0.4) is 0 Å². The molecule has 0 aliphatic heterocycles. The van der Waals surface area contributed by atoms with Crippen molar-refractivity contribution in [2.75, 3.05) is 14.2 Å². The molecule has 2 aliphatic carbocycles. The van der Waals surface area contributed by atoms with Gasteiger partial charge in [-0.3, -0.25) is 9.59 Å². The van der Waals surface area contributed by atoms with Crippen LogP contribution in [0.15, 0.2) is 12.2 Å². The van der Waals surface area contributed by atoms with Crippen LogP contribution in [0.1, 0.15) is 45.4 Å². The minimum Gasteiger partial charge on any atom is -0.468 e. The van der Waals surface area contributed by atoms with Crippen LogP contribution in [-0.4, -0.2) is 37.4 Å². The molecule has 0 saturated heterocycles. The second kappa shape index (κ2) is 7.40. The summed E-state index contributed by atoms with van der Waals surface area (Å²) in [6.07, 6.45) is 7.64. The monoisotopic (exact) mass is 334 g/mol. The van der Waals surface area contributed by atoms with Gasteiger partial charge in [0.2, 0.25) is 0 Å². The number of aliphatic hydroxyl groups is 1. The first kappa shape index (κ1) is 18.5. The van der Waals surface area contributed by atoms with Crippen molar-refractivity contribution in [3.63, 3.8) is 0 Å². The Hall–Kier alpha value is -1.80. The predicted molar refractivity (Wildman–Crippen MR) is 88.7 cm³/mol. The maximum atomic E-state index is 12.3. The highest BCUT2D eigenvalue weighted by molar-refractivity contribution is 6.00. The maximum Gasteiger partial charge on any atom is 0.324 e. The Morgan fingerprint density at radius 2 is 1.96 bits per heavy atom. The number of allylic oxidation sites excluding steroid dienone is 1. The lowest BCUT2D eigenvalue weighted by atomic mass is 9.79. The number of hydrogen-bond donors (Lipinski definition) is 1. The lowest BCUT2D eigenvalue weighted by molar-refractivity contribution is -0.168. The second-order valence-electron chi connectivity index (χ2n) is 6.74. The molecule has 0 radical (unpaired) electrons. The van der Waals surface area contributed by atoms with Crippen LogP contribution in [0.4, 0.5) is 0 Å². The number of fused-ring (bicyclic) bond motifs is 1. The molecule has 3 atom stereocenters. The number of esters is 2. The predicted octanol–water partition coefficient (Wildman–Crippen LogP) is 2.23. The third kappa shape index (κ3) is 3.21. The molecule has 2 rings (SSSR count). The van der Waals surface area contributed by atoms with E-state index in [0.29, 0.717) is 5.92 Å². The van der Waals surface area contributed by atoms with Gasteiger partial charge in [-0.2, -0.15) is 0 Å². The van der Waals surface area contributed by atoms with E-state index in [1.54, 1.807) is 6.92 Å². The van der Waals surface area contributed by atoms with Gasteiger partial charge in [0.1, 0.15) is 0 Å². The molecule has 5 nitrogen and oxygen atoms in total. The van der Waals surface area contributed by atoms with Crippen LogP contribution >= 0.6 is 0 Å². The summed E-state index contributed by atoms with van der Waals surface area (Å²) in [6, 6.07) is 0. The van der Waals surface area contributed by atoms with Gasteiger partial charge in [0, 0.05) is 11.8 Å². The summed E-state index contributed by atoms with van der Waals surface area (Å²) in [5.74, 6) is 4.74. The van der Waals surface area contributed by atoms with Crippen molar-refractivity contribution >= 4 is 11.9 Å². The molecule has 0 unspecified atom stereocenters. The molecule has 2 aliphatic rings. The van der Waals surface area contributed by atoms with Crippen molar-refractivity contribution < 1.29 is 24.2 Å². The van der Waals surface area contributed by atoms with E-state index in [4.69, 9.17) is 9.47 Å². The molecule has 0 spiro atoms. The van der Waals surface area contributed by atoms with Crippen LogP contribution in [0.2, 0.25) is 0 Å². The zero-order valence-corrected chi connectivity index (χ0v) is 14.6. The molecule has 0 aromatic rings. The Labute approximate surface area is 143 Å². The first-order valence-electron chi connectivity index (χ1n) is 8.39. The van der Waals surface area contributed by atoms with Gasteiger partial charge in [0.05, 0.1) is 20.3 Å². The van der Waals surface area contributed by atoms with Crippen LogP contribution in [-0.2, 0) is 19.1 Å². The van der Waals surface area contributed by atoms with E-state index in [-0.39, 0.29) is 24.4 Å². The third-order valence-corrected chi connectivity index (χ3v) is 5.46. The number of rotatable bonds is 6. The van der Waals surface area contributed by atoms with Crippen molar-refractivity contribution in [2.24, 2.45) is 16.7 Å². The summed E-state index contributed by atoms with van der Waals surface area (Å²) in [4.78, 5) is 24.6. The van der Waals surface area contributed by atoms with Crippen LogP contribution in [0, 0.1) is 28.6 Å². The van der Waals surface area contributed by atoms with E-state index in [9.17, 15) is 14.7 Å². The SMILES string of the molecule is CC#CCC(C/C=C/[C@]12C[C@H]1CCC[C@@H]2O)(C(=O)OC)C(=O)OC. The number of hydrogen-bond acceptors (Lipinski definition) is 5. The highest BCUT2D eigenvalue weighted by Crippen LogP contribution is 2.62. The van der Waals surface area contributed by atoms with Gasteiger partial charge in [0.25, 0.3) is 0 Å². The maximum absolute atomic E-state index is 12.3. The summed E-state index contributed by atoms with van der Waals surface area (Å²) in [5.41, 5.74) is -1.63. The van der Waals surface area contributed by atoms with Crippen molar-refractivity contribution in [1.29, 1.82) is 0 Å². The zero-order valence-electron chi connectivity index (χ0n) is 14.6. The molecule has 2 fully saturated rings.